The van der Waals surface area contributed by atoms with Gasteiger partial charge < -0.3 is 0 Å². The monoisotopic (exact) mass is 279 g/mol. The van der Waals surface area contributed by atoms with Gasteiger partial charge in [0.05, 0.1) is 0 Å². The normalized spacial score (nSPS) is 17.1. The topological polar surface area (TPSA) is 99.9 Å². The van der Waals surface area contributed by atoms with Crippen molar-refractivity contribution in [2.45, 2.75) is 36.6 Å². The Labute approximate surface area is 111 Å². The van der Waals surface area contributed by atoms with Crippen LogP contribution in [0, 0.1) is 11.3 Å². The SMILES string of the molecule is N#Cc1ncccc1S(=O)(=O)NC1CCC(=O)CC1. The molecule has 1 fully saturated rings. The molecule has 2 rings (SSSR count). The highest BCUT2D eigenvalue weighted by molar-refractivity contribution is 7.89. The van der Waals surface area contributed by atoms with Crippen molar-refractivity contribution in [3.8, 4) is 6.07 Å². The minimum Gasteiger partial charge on any atom is -0.300 e. The molecule has 0 radical (unpaired) electrons. The lowest BCUT2D eigenvalue weighted by atomic mass is 9.95. The van der Waals surface area contributed by atoms with Crippen LogP contribution < -0.4 is 4.72 Å². The number of carbonyl (C=O) groups excluding carboxylic acids is 1. The third kappa shape index (κ3) is 3.16. The van der Waals surface area contributed by atoms with E-state index >= 15 is 0 Å². The van der Waals surface area contributed by atoms with Crippen molar-refractivity contribution in [1.29, 1.82) is 5.26 Å². The zero-order valence-corrected chi connectivity index (χ0v) is 11.0. The van der Waals surface area contributed by atoms with E-state index < -0.39 is 10.0 Å². The molecule has 0 spiro atoms. The molecule has 100 valence electrons. The van der Waals surface area contributed by atoms with Gasteiger partial charge in [-0.2, -0.15) is 5.26 Å². The van der Waals surface area contributed by atoms with Gasteiger partial charge in [-0.15, -0.1) is 0 Å². The molecule has 0 aromatic carbocycles. The van der Waals surface area contributed by atoms with Gasteiger partial charge in [-0.25, -0.2) is 18.1 Å². The van der Waals surface area contributed by atoms with Gasteiger partial charge in [0, 0.05) is 25.1 Å². The lowest BCUT2D eigenvalue weighted by Crippen LogP contribution is -2.38. The molecule has 0 amide bonds. The first-order valence-corrected chi connectivity index (χ1v) is 7.40. The van der Waals surface area contributed by atoms with Gasteiger partial charge in [0.2, 0.25) is 10.0 Å². The summed E-state index contributed by atoms with van der Waals surface area (Å²) in [6.45, 7) is 0. The van der Waals surface area contributed by atoms with Crippen molar-refractivity contribution in [3.63, 3.8) is 0 Å². The number of nitrogens with zero attached hydrogens (tertiary/aromatic N) is 2. The minimum absolute atomic E-state index is 0.116. The summed E-state index contributed by atoms with van der Waals surface area (Å²) in [5.74, 6) is 0.162. The molecule has 1 heterocycles. The fourth-order valence-electron chi connectivity index (χ4n) is 2.03. The molecule has 19 heavy (non-hydrogen) atoms. The summed E-state index contributed by atoms with van der Waals surface area (Å²) < 4.78 is 26.9. The number of sulfonamides is 1. The Morgan fingerprint density at radius 3 is 2.68 bits per heavy atom. The van der Waals surface area contributed by atoms with Crippen molar-refractivity contribution in [3.05, 3.63) is 24.0 Å². The van der Waals surface area contributed by atoms with Crippen LogP contribution >= 0.6 is 0 Å². The second-order valence-corrected chi connectivity index (χ2v) is 6.08. The molecule has 0 atom stereocenters. The molecule has 1 aliphatic carbocycles. The Morgan fingerprint density at radius 1 is 1.37 bits per heavy atom. The zero-order valence-electron chi connectivity index (χ0n) is 10.2. The molecule has 1 aliphatic rings. The van der Waals surface area contributed by atoms with E-state index in [4.69, 9.17) is 5.26 Å². The number of ketones is 1. The van der Waals surface area contributed by atoms with E-state index in [2.05, 4.69) is 9.71 Å². The van der Waals surface area contributed by atoms with E-state index in [1.807, 2.05) is 0 Å². The van der Waals surface area contributed by atoms with E-state index in [-0.39, 0.29) is 22.4 Å². The van der Waals surface area contributed by atoms with Crippen molar-refractivity contribution in [2.24, 2.45) is 0 Å². The summed E-state index contributed by atoms with van der Waals surface area (Å²) >= 11 is 0. The molecular weight excluding hydrogens is 266 g/mol. The Balaban J connectivity index is 2.19. The summed E-state index contributed by atoms with van der Waals surface area (Å²) in [7, 11) is -3.77. The number of nitriles is 1. The van der Waals surface area contributed by atoms with Gasteiger partial charge in [-0.3, -0.25) is 4.79 Å². The van der Waals surface area contributed by atoms with Crippen molar-refractivity contribution in [2.75, 3.05) is 0 Å². The van der Waals surface area contributed by atoms with Gasteiger partial charge >= 0.3 is 0 Å². The second-order valence-electron chi connectivity index (χ2n) is 4.40. The van der Waals surface area contributed by atoms with Gasteiger partial charge in [0.1, 0.15) is 16.7 Å². The largest absolute Gasteiger partial charge is 0.300 e. The average molecular weight is 279 g/mol. The summed E-state index contributed by atoms with van der Waals surface area (Å²) in [5.41, 5.74) is -0.123. The number of Topliss-reactive ketones (excluding diaryl/α,β-unsaturated/α-hetero) is 1. The summed E-state index contributed by atoms with van der Waals surface area (Å²) in [6.07, 6.45) is 3.16. The van der Waals surface area contributed by atoms with E-state index in [1.165, 1.54) is 18.3 Å². The molecule has 1 aromatic heterocycles. The quantitative estimate of drug-likeness (QED) is 0.879. The van der Waals surface area contributed by atoms with Gasteiger partial charge in [0.15, 0.2) is 5.69 Å². The summed E-state index contributed by atoms with van der Waals surface area (Å²) in [5, 5.41) is 8.87. The lowest BCUT2D eigenvalue weighted by molar-refractivity contribution is -0.120. The number of carbonyl (C=O) groups is 1. The van der Waals surface area contributed by atoms with Crippen LogP contribution in [0.15, 0.2) is 23.2 Å². The summed E-state index contributed by atoms with van der Waals surface area (Å²) in [6, 6.07) is 4.33. The number of hydrogen-bond donors (Lipinski definition) is 1. The van der Waals surface area contributed by atoms with Crippen LogP contribution in [0.2, 0.25) is 0 Å². The van der Waals surface area contributed by atoms with E-state index in [0.717, 1.165) is 0 Å². The zero-order chi connectivity index (χ0) is 13.9. The molecule has 0 saturated heterocycles. The molecule has 1 aromatic rings. The standard InChI is InChI=1S/C12H13N3O3S/c13-8-11-12(2-1-7-14-11)19(17,18)15-9-3-5-10(16)6-4-9/h1-2,7,9,15H,3-6H2. The maximum absolute atomic E-state index is 12.2. The fourth-order valence-corrected chi connectivity index (χ4v) is 3.44. The summed E-state index contributed by atoms with van der Waals surface area (Å²) in [4.78, 5) is 14.7. The molecule has 0 bridgehead atoms. The number of aromatic nitrogens is 1. The maximum atomic E-state index is 12.2. The number of pyridine rings is 1. The fraction of sp³-hybridized carbons (Fsp3) is 0.417. The lowest BCUT2D eigenvalue weighted by Gasteiger charge is -2.22. The smallest absolute Gasteiger partial charge is 0.243 e. The number of hydrogen-bond acceptors (Lipinski definition) is 5. The van der Waals surface area contributed by atoms with Gasteiger partial charge in [-0.05, 0) is 25.0 Å². The van der Waals surface area contributed by atoms with Crippen LogP contribution in [0.3, 0.4) is 0 Å². The predicted octanol–water partition coefficient (Wildman–Crippen LogP) is 0.743. The highest BCUT2D eigenvalue weighted by Crippen LogP contribution is 2.19. The van der Waals surface area contributed by atoms with Crippen molar-refractivity contribution in [1.82, 2.24) is 9.71 Å². The molecule has 7 heteroatoms. The number of nitrogens with one attached hydrogen (secondary N) is 1. The molecule has 0 unspecified atom stereocenters. The van der Waals surface area contributed by atoms with Crippen LogP contribution in [0.1, 0.15) is 31.4 Å². The molecule has 1 saturated carbocycles. The first-order chi connectivity index (χ1) is 9.03. The Kier molecular flexibility index (Phi) is 3.93. The third-order valence-corrected chi connectivity index (χ3v) is 4.58. The van der Waals surface area contributed by atoms with E-state index in [9.17, 15) is 13.2 Å². The predicted molar refractivity (Wildman–Crippen MR) is 66.5 cm³/mol. The second kappa shape index (κ2) is 5.47. The first-order valence-electron chi connectivity index (χ1n) is 5.92. The Bertz CT molecular complexity index is 624. The Morgan fingerprint density at radius 2 is 2.05 bits per heavy atom. The van der Waals surface area contributed by atoms with Crippen molar-refractivity contribution < 1.29 is 13.2 Å². The van der Waals surface area contributed by atoms with Crippen molar-refractivity contribution >= 4 is 15.8 Å². The maximum Gasteiger partial charge on any atom is 0.243 e. The highest BCUT2D eigenvalue weighted by atomic mass is 32.2. The molecule has 6 nitrogen and oxygen atoms in total. The first kappa shape index (κ1) is 13.6. The molecule has 1 N–H and O–H groups in total. The molecular formula is C12H13N3O3S. The van der Waals surface area contributed by atoms with Crippen LogP contribution in [0.5, 0.6) is 0 Å². The number of rotatable bonds is 3. The third-order valence-electron chi connectivity index (χ3n) is 3.03. The minimum atomic E-state index is -3.77. The van der Waals surface area contributed by atoms with Gasteiger partial charge in [0.25, 0.3) is 0 Å². The van der Waals surface area contributed by atoms with E-state index in [1.54, 1.807) is 6.07 Å². The highest BCUT2D eigenvalue weighted by Gasteiger charge is 2.26. The van der Waals surface area contributed by atoms with Crippen LogP contribution in [0.25, 0.3) is 0 Å². The van der Waals surface area contributed by atoms with E-state index in [0.29, 0.717) is 25.7 Å². The average Bonchev–Trinajstić information content (AvgIpc) is 2.41. The Hall–Kier alpha value is -1.78. The van der Waals surface area contributed by atoms with Crippen LogP contribution in [-0.2, 0) is 14.8 Å². The van der Waals surface area contributed by atoms with Gasteiger partial charge in [-0.1, -0.05) is 0 Å². The van der Waals surface area contributed by atoms with Crippen LogP contribution in [0.4, 0.5) is 0 Å². The molecule has 0 aliphatic heterocycles. The van der Waals surface area contributed by atoms with Crippen LogP contribution in [-0.4, -0.2) is 25.2 Å².